The van der Waals surface area contributed by atoms with Crippen LogP contribution in [0.1, 0.15) is 5.69 Å². The molecule has 2 aromatic carbocycles. The fourth-order valence-electron chi connectivity index (χ4n) is 2.55. The maximum absolute atomic E-state index is 9.90. The number of phenolic OH excluding ortho intramolecular Hbond substituents is 1. The third-order valence-corrected chi connectivity index (χ3v) is 5.56. The molecule has 0 aliphatic rings. The first-order valence-corrected chi connectivity index (χ1v) is 8.64. The average Bonchev–Trinajstić information content (AvgIpc) is 3.13. The third-order valence-electron chi connectivity index (χ3n) is 3.68. The number of benzene rings is 2. The van der Waals surface area contributed by atoms with Crippen LogP contribution in [0.5, 0.6) is 5.75 Å². The average molecular weight is 386 g/mol. The Hall–Kier alpha value is -2.18. The van der Waals surface area contributed by atoms with Gasteiger partial charge in [-0.3, -0.25) is 5.10 Å². The summed E-state index contributed by atoms with van der Waals surface area (Å²) < 4.78 is 0.682. The first kappa shape index (κ1) is 14.4. The van der Waals surface area contributed by atoms with E-state index in [0.29, 0.717) is 4.47 Å². The minimum atomic E-state index is 0.224. The van der Waals surface area contributed by atoms with E-state index >= 15 is 0 Å². The Balaban J connectivity index is 1.85. The summed E-state index contributed by atoms with van der Waals surface area (Å²) in [5.74, 6) is 0.224. The molecule has 2 N–H and O–H groups in total. The first-order valence-electron chi connectivity index (χ1n) is 7.03. The first-order chi connectivity index (χ1) is 11.1. The zero-order chi connectivity index (χ0) is 16.0. The van der Waals surface area contributed by atoms with E-state index in [9.17, 15) is 5.11 Å². The molecule has 0 fully saturated rings. The Labute approximate surface area is 145 Å². The van der Waals surface area contributed by atoms with Gasteiger partial charge in [-0.25, -0.2) is 4.98 Å². The molecule has 0 bridgehead atoms. The van der Waals surface area contributed by atoms with E-state index in [4.69, 9.17) is 0 Å². The number of rotatable bonds is 2. The minimum Gasteiger partial charge on any atom is -0.507 e. The molecule has 0 saturated heterocycles. The predicted molar refractivity (Wildman–Crippen MR) is 96.7 cm³/mol. The van der Waals surface area contributed by atoms with E-state index in [2.05, 4.69) is 31.1 Å². The van der Waals surface area contributed by atoms with Crippen molar-refractivity contribution in [1.29, 1.82) is 0 Å². The number of aromatic hydroxyl groups is 1. The number of aryl methyl sites for hydroxylation is 1. The maximum Gasteiger partial charge on any atom is 0.145 e. The van der Waals surface area contributed by atoms with Gasteiger partial charge >= 0.3 is 0 Å². The largest absolute Gasteiger partial charge is 0.507 e. The molecule has 4 nitrogen and oxygen atoms in total. The molecular weight excluding hydrogens is 374 g/mol. The van der Waals surface area contributed by atoms with Gasteiger partial charge < -0.3 is 5.11 Å². The smallest absolute Gasteiger partial charge is 0.145 e. The van der Waals surface area contributed by atoms with Crippen LogP contribution in [-0.2, 0) is 0 Å². The number of fused-ring (bicyclic) bond motifs is 1. The van der Waals surface area contributed by atoms with Gasteiger partial charge in [-0.2, -0.15) is 5.10 Å². The molecule has 0 aliphatic carbocycles. The summed E-state index contributed by atoms with van der Waals surface area (Å²) in [6.07, 6.45) is 0. The molecule has 114 valence electrons. The second kappa shape index (κ2) is 5.47. The molecule has 0 spiro atoms. The van der Waals surface area contributed by atoms with E-state index < -0.39 is 0 Å². The fraction of sp³-hybridized carbons (Fsp3) is 0.0588. The maximum atomic E-state index is 9.90. The number of hydrogen-bond donors (Lipinski definition) is 2. The minimum absolute atomic E-state index is 0.224. The standard InChI is InChI=1S/C17H12BrN3OS/c1-9-16(10-6-7-12(18)14(22)8-10)23-17(19-9)15-11-4-2-3-5-13(11)20-21-15/h2-8,22H,1H3,(H,20,21). The molecule has 4 rings (SSSR count). The number of nitrogens with zero attached hydrogens (tertiary/aromatic N) is 2. The number of hydrogen-bond acceptors (Lipinski definition) is 4. The van der Waals surface area contributed by atoms with Crippen molar-refractivity contribution in [2.24, 2.45) is 0 Å². The van der Waals surface area contributed by atoms with E-state index in [0.717, 1.165) is 37.7 Å². The fourth-order valence-corrected chi connectivity index (χ4v) is 3.86. The summed E-state index contributed by atoms with van der Waals surface area (Å²) in [7, 11) is 0. The highest BCUT2D eigenvalue weighted by Crippen LogP contribution is 2.38. The molecule has 2 aromatic heterocycles. The number of thiazole rings is 1. The monoisotopic (exact) mass is 385 g/mol. The molecule has 6 heteroatoms. The van der Waals surface area contributed by atoms with Gasteiger partial charge in [0.25, 0.3) is 0 Å². The number of para-hydroxylation sites is 1. The van der Waals surface area contributed by atoms with Crippen molar-refractivity contribution in [3.8, 4) is 26.9 Å². The van der Waals surface area contributed by atoms with Gasteiger partial charge in [-0.1, -0.05) is 24.3 Å². The van der Waals surface area contributed by atoms with Crippen LogP contribution >= 0.6 is 27.3 Å². The Morgan fingerprint density at radius 3 is 2.83 bits per heavy atom. The second-order valence-corrected chi connectivity index (χ2v) is 7.07. The zero-order valence-electron chi connectivity index (χ0n) is 12.2. The van der Waals surface area contributed by atoms with Crippen LogP contribution in [0.2, 0.25) is 0 Å². The highest BCUT2D eigenvalue weighted by Gasteiger charge is 2.16. The van der Waals surface area contributed by atoms with Crippen molar-refractivity contribution in [2.75, 3.05) is 0 Å². The Kier molecular flexibility index (Phi) is 3.43. The Bertz CT molecular complexity index is 1020. The number of halogens is 1. The molecule has 0 aliphatic heterocycles. The SMILES string of the molecule is Cc1nc(-c2n[nH]c3ccccc23)sc1-c1ccc(Br)c(O)c1. The molecule has 23 heavy (non-hydrogen) atoms. The number of aromatic amines is 1. The summed E-state index contributed by atoms with van der Waals surface area (Å²) in [5, 5.41) is 19.3. The number of phenols is 1. The lowest BCUT2D eigenvalue weighted by Gasteiger charge is -2.01. The van der Waals surface area contributed by atoms with Crippen LogP contribution in [0, 0.1) is 6.92 Å². The lowest BCUT2D eigenvalue weighted by Crippen LogP contribution is -1.79. The molecule has 2 heterocycles. The second-order valence-electron chi connectivity index (χ2n) is 5.22. The van der Waals surface area contributed by atoms with Gasteiger partial charge in [0.1, 0.15) is 16.5 Å². The number of H-pyrrole nitrogens is 1. The molecular formula is C17H12BrN3OS. The van der Waals surface area contributed by atoms with Crippen LogP contribution in [0.3, 0.4) is 0 Å². The summed E-state index contributed by atoms with van der Waals surface area (Å²) in [6.45, 7) is 1.98. The van der Waals surface area contributed by atoms with Crippen molar-refractivity contribution >= 4 is 38.2 Å². The van der Waals surface area contributed by atoms with Crippen LogP contribution < -0.4 is 0 Å². The molecule has 0 saturated carbocycles. The lowest BCUT2D eigenvalue weighted by atomic mass is 10.1. The van der Waals surface area contributed by atoms with Gasteiger partial charge in [0.05, 0.1) is 20.6 Å². The molecule has 0 unspecified atom stereocenters. The lowest BCUT2D eigenvalue weighted by molar-refractivity contribution is 0.472. The van der Waals surface area contributed by atoms with E-state index in [-0.39, 0.29) is 5.75 Å². The Morgan fingerprint density at radius 1 is 1.17 bits per heavy atom. The normalized spacial score (nSPS) is 11.2. The van der Waals surface area contributed by atoms with Crippen LogP contribution in [0.4, 0.5) is 0 Å². The van der Waals surface area contributed by atoms with Crippen molar-refractivity contribution in [2.45, 2.75) is 6.92 Å². The highest BCUT2D eigenvalue weighted by molar-refractivity contribution is 9.10. The number of aromatic nitrogens is 3. The molecule has 0 atom stereocenters. The predicted octanol–water partition coefficient (Wildman–Crippen LogP) is 5.13. The van der Waals surface area contributed by atoms with Gasteiger partial charge in [0.15, 0.2) is 0 Å². The van der Waals surface area contributed by atoms with Crippen LogP contribution in [0.25, 0.3) is 32.0 Å². The molecule has 4 aromatic rings. The highest BCUT2D eigenvalue weighted by atomic mass is 79.9. The topological polar surface area (TPSA) is 61.8 Å². The van der Waals surface area contributed by atoms with E-state index in [1.54, 1.807) is 17.4 Å². The Morgan fingerprint density at radius 2 is 2.00 bits per heavy atom. The van der Waals surface area contributed by atoms with Crippen molar-refractivity contribution in [1.82, 2.24) is 15.2 Å². The van der Waals surface area contributed by atoms with E-state index in [1.807, 2.05) is 43.3 Å². The zero-order valence-corrected chi connectivity index (χ0v) is 14.6. The van der Waals surface area contributed by atoms with Crippen molar-refractivity contribution < 1.29 is 5.11 Å². The molecule has 0 amide bonds. The quantitative estimate of drug-likeness (QED) is 0.502. The third kappa shape index (κ3) is 2.44. The summed E-state index contributed by atoms with van der Waals surface area (Å²) in [4.78, 5) is 5.71. The summed E-state index contributed by atoms with van der Waals surface area (Å²) >= 11 is 4.89. The van der Waals surface area contributed by atoms with Crippen LogP contribution in [-0.4, -0.2) is 20.3 Å². The van der Waals surface area contributed by atoms with Crippen molar-refractivity contribution in [3.63, 3.8) is 0 Å². The van der Waals surface area contributed by atoms with Gasteiger partial charge in [-0.15, -0.1) is 11.3 Å². The van der Waals surface area contributed by atoms with Crippen LogP contribution in [0.15, 0.2) is 46.9 Å². The van der Waals surface area contributed by atoms with E-state index in [1.165, 1.54) is 0 Å². The number of nitrogens with one attached hydrogen (secondary N) is 1. The van der Waals surface area contributed by atoms with Gasteiger partial charge in [-0.05, 0) is 46.6 Å². The summed E-state index contributed by atoms with van der Waals surface area (Å²) in [5.41, 5.74) is 3.74. The van der Waals surface area contributed by atoms with Crippen molar-refractivity contribution in [3.05, 3.63) is 52.6 Å². The molecule has 0 radical (unpaired) electrons. The summed E-state index contributed by atoms with van der Waals surface area (Å²) in [6, 6.07) is 13.6. The van der Waals surface area contributed by atoms with Gasteiger partial charge in [0, 0.05) is 5.39 Å². The van der Waals surface area contributed by atoms with Gasteiger partial charge in [0.2, 0.25) is 0 Å².